The van der Waals surface area contributed by atoms with Gasteiger partial charge in [-0.1, -0.05) is 36.7 Å². The van der Waals surface area contributed by atoms with Gasteiger partial charge < -0.3 is 5.32 Å². The van der Waals surface area contributed by atoms with Gasteiger partial charge in [0.15, 0.2) is 0 Å². The quantitative estimate of drug-likeness (QED) is 0.768. The fraction of sp³-hybridized carbons (Fsp3) is 0.350. The molecule has 144 valence electrons. The van der Waals surface area contributed by atoms with Gasteiger partial charge >= 0.3 is 0 Å². The molecule has 2 aromatic carbocycles. The Morgan fingerprint density at radius 3 is 2.52 bits per heavy atom. The minimum absolute atomic E-state index is 0.205. The minimum Gasteiger partial charge on any atom is -0.351 e. The van der Waals surface area contributed by atoms with Gasteiger partial charge in [0, 0.05) is 18.1 Å². The third-order valence-electron chi connectivity index (χ3n) is 4.78. The summed E-state index contributed by atoms with van der Waals surface area (Å²) in [5.41, 5.74) is 3.22. The molecule has 0 saturated heterocycles. The average Bonchev–Trinajstić information content (AvgIpc) is 3.13. The van der Waals surface area contributed by atoms with E-state index >= 15 is 0 Å². The van der Waals surface area contributed by atoms with Crippen molar-refractivity contribution in [1.29, 1.82) is 0 Å². The van der Waals surface area contributed by atoms with Crippen molar-refractivity contribution in [2.75, 3.05) is 13.1 Å². The van der Waals surface area contributed by atoms with Crippen LogP contribution in [-0.4, -0.2) is 31.7 Å². The molecular weight excluding hydrogens is 384 g/mol. The van der Waals surface area contributed by atoms with Crippen molar-refractivity contribution in [1.82, 2.24) is 9.62 Å². The van der Waals surface area contributed by atoms with Gasteiger partial charge in [0.1, 0.15) is 0 Å². The standard InChI is InChI=1S/C20H23ClN2O3S/c1-2-23(14-20(24)22-13-15-6-9-18(21)10-7-15)27(25,26)19-11-8-16-4-3-5-17(16)12-19/h6-12H,2-5,13-14H2,1H3,(H,22,24). The molecule has 3 rings (SSSR count). The predicted molar refractivity (Wildman–Crippen MR) is 106 cm³/mol. The number of aryl methyl sites for hydroxylation is 2. The number of halogens is 1. The Bertz CT molecular complexity index is 927. The lowest BCUT2D eigenvalue weighted by Crippen LogP contribution is -2.40. The minimum atomic E-state index is -3.70. The molecule has 2 aromatic rings. The fourth-order valence-corrected chi connectivity index (χ4v) is 4.83. The molecule has 0 saturated carbocycles. The Balaban J connectivity index is 1.66. The fourth-order valence-electron chi connectivity index (χ4n) is 3.24. The number of hydrogen-bond acceptors (Lipinski definition) is 3. The van der Waals surface area contributed by atoms with Gasteiger partial charge in [-0.25, -0.2) is 8.42 Å². The topological polar surface area (TPSA) is 66.5 Å². The molecule has 0 atom stereocenters. The maximum absolute atomic E-state index is 12.9. The molecule has 1 aliphatic carbocycles. The molecule has 1 amide bonds. The highest BCUT2D eigenvalue weighted by molar-refractivity contribution is 7.89. The van der Waals surface area contributed by atoms with Crippen molar-refractivity contribution in [3.8, 4) is 0 Å². The van der Waals surface area contributed by atoms with E-state index in [0.29, 0.717) is 11.6 Å². The van der Waals surface area contributed by atoms with E-state index in [-0.39, 0.29) is 23.9 Å². The third-order valence-corrected chi connectivity index (χ3v) is 6.95. The highest BCUT2D eigenvalue weighted by Crippen LogP contribution is 2.26. The first-order valence-electron chi connectivity index (χ1n) is 9.03. The summed E-state index contributed by atoms with van der Waals surface area (Å²) in [5.74, 6) is -0.337. The maximum atomic E-state index is 12.9. The summed E-state index contributed by atoms with van der Waals surface area (Å²) in [6, 6.07) is 12.4. The van der Waals surface area contributed by atoms with Gasteiger partial charge in [-0.2, -0.15) is 4.31 Å². The van der Waals surface area contributed by atoms with Crippen LogP contribution in [0.2, 0.25) is 5.02 Å². The number of carbonyl (C=O) groups excluding carboxylic acids is 1. The molecule has 1 aliphatic rings. The SMILES string of the molecule is CCN(CC(=O)NCc1ccc(Cl)cc1)S(=O)(=O)c1ccc2c(c1)CCC2. The zero-order valence-corrected chi connectivity index (χ0v) is 16.8. The first kappa shape index (κ1) is 19.9. The monoisotopic (exact) mass is 406 g/mol. The van der Waals surface area contributed by atoms with Crippen molar-refractivity contribution in [3.63, 3.8) is 0 Å². The molecule has 7 heteroatoms. The number of hydrogen-bond donors (Lipinski definition) is 1. The lowest BCUT2D eigenvalue weighted by molar-refractivity contribution is -0.121. The van der Waals surface area contributed by atoms with Gasteiger partial charge in [-0.15, -0.1) is 0 Å². The summed E-state index contributed by atoms with van der Waals surface area (Å²) in [6.07, 6.45) is 2.97. The van der Waals surface area contributed by atoms with Crippen molar-refractivity contribution in [2.24, 2.45) is 0 Å². The normalized spacial score (nSPS) is 13.6. The molecule has 0 aliphatic heterocycles. The molecular formula is C20H23ClN2O3S. The molecule has 0 radical (unpaired) electrons. The second-order valence-electron chi connectivity index (χ2n) is 6.62. The van der Waals surface area contributed by atoms with Crippen LogP contribution in [0.15, 0.2) is 47.4 Å². The van der Waals surface area contributed by atoms with Crippen LogP contribution in [0.4, 0.5) is 0 Å². The Kier molecular flexibility index (Phi) is 6.19. The second-order valence-corrected chi connectivity index (χ2v) is 8.99. The molecule has 5 nitrogen and oxygen atoms in total. The van der Waals surface area contributed by atoms with E-state index in [0.717, 1.165) is 30.4 Å². The van der Waals surface area contributed by atoms with E-state index in [1.807, 2.05) is 18.2 Å². The van der Waals surface area contributed by atoms with Crippen LogP contribution in [-0.2, 0) is 34.2 Å². The summed E-state index contributed by atoms with van der Waals surface area (Å²) in [4.78, 5) is 12.5. The lowest BCUT2D eigenvalue weighted by atomic mass is 10.1. The van der Waals surface area contributed by atoms with Crippen LogP contribution in [0.1, 0.15) is 30.0 Å². The van der Waals surface area contributed by atoms with Crippen molar-refractivity contribution in [2.45, 2.75) is 37.6 Å². The van der Waals surface area contributed by atoms with Crippen LogP contribution in [0.5, 0.6) is 0 Å². The Hall–Kier alpha value is -1.89. The van der Waals surface area contributed by atoms with Gasteiger partial charge in [0.2, 0.25) is 15.9 Å². The zero-order valence-electron chi connectivity index (χ0n) is 15.2. The smallest absolute Gasteiger partial charge is 0.243 e. The van der Waals surface area contributed by atoms with E-state index in [2.05, 4.69) is 5.32 Å². The van der Waals surface area contributed by atoms with E-state index in [1.165, 1.54) is 9.87 Å². The maximum Gasteiger partial charge on any atom is 0.243 e. The van der Waals surface area contributed by atoms with Gasteiger partial charge in [0.25, 0.3) is 0 Å². The first-order valence-corrected chi connectivity index (χ1v) is 10.8. The van der Waals surface area contributed by atoms with E-state index in [9.17, 15) is 13.2 Å². The summed E-state index contributed by atoms with van der Waals surface area (Å²) in [7, 11) is -3.70. The summed E-state index contributed by atoms with van der Waals surface area (Å²) >= 11 is 5.84. The van der Waals surface area contributed by atoms with Crippen LogP contribution >= 0.6 is 11.6 Å². The Morgan fingerprint density at radius 1 is 1.11 bits per heavy atom. The number of nitrogens with one attached hydrogen (secondary N) is 1. The van der Waals surface area contributed by atoms with Crippen LogP contribution in [0.25, 0.3) is 0 Å². The number of likely N-dealkylation sites (N-methyl/N-ethyl adjacent to an activating group) is 1. The van der Waals surface area contributed by atoms with Gasteiger partial charge in [0.05, 0.1) is 11.4 Å². The van der Waals surface area contributed by atoms with Crippen molar-refractivity contribution in [3.05, 3.63) is 64.2 Å². The Morgan fingerprint density at radius 2 is 1.81 bits per heavy atom. The zero-order chi connectivity index (χ0) is 19.4. The summed E-state index contributed by atoms with van der Waals surface area (Å²) in [5, 5.41) is 3.39. The number of amides is 1. The first-order chi connectivity index (χ1) is 12.9. The number of fused-ring (bicyclic) bond motifs is 1. The number of rotatable bonds is 7. The lowest BCUT2D eigenvalue weighted by Gasteiger charge is -2.20. The van der Waals surface area contributed by atoms with Crippen molar-refractivity contribution >= 4 is 27.5 Å². The van der Waals surface area contributed by atoms with Crippen LogP contribution in [0.3, 0.4) is 0 Å². The summed E-state index contributed by atoms with van der Waals surface area (Å²) in [6.45, 7) is 2.08. The van der Waals surface area contributed by atoms with Crippen LogP contribution < -0.4 is 5.32 Å². The van der Waals surface area contributed by atoms with Crippen molar-refractivity contribution < 1.29 is 13.2 Å². The van der Waals surface area contributed by atoms with Gasteiger partial charge in [-0.05, 0) is 60.2 Å². The number of benzene rings is 2. The van der Waals surface area contributed by atoms with E-state index in [1.54, 1.807) is 31.2 Å². The molecule has 1 N–H and O–H groups in total. The number of carbonyl (C=O) groups is 1. The Labute approximate surface area is 165 Å². The largest absolute Gasteiger partial charge is 0.351 e. The average molecular weight is 407 g/mol. The van der Waals surface area contributed by atoms with E-state index < -0.39 is 10.0 Å². The van der Waals surface area contributed by atoms with E-state index in [4.69, 9.17) is 11.6 Å². The summed E-state index contributed by atoms with van der Waals surface area (Å²) < 4.78 is 27.1. The molecule has 0 unspecified atom stereocenters. The molecule has 0 bridgehead atoms. The highest BCUT2D eigenvalue weighted by atomic mass is 35.5. The van der Waals surface area contributed by atoms with Crippen LogP contribution in [0, 0.1) is 0 Å². The highest BCUT2D eigenvalue weighted by Gasteiger charge is 2.26. The molecule has 0 spiro atoms. The van der Waals surface area contributed by atoms with Gasteiger partial charge in [-0.3, -0.25) is 4.79 Å². The third kappa shape index (κ3) is 4.69. The second kappa shape index (κ2) is 8.42. The number of sulfonamides is 1. The predicted octanol–water partition coefficient (Wildman–Crippen LogP) is 3.16. The molecule has 27 heavy (non-hydrogen) atoms. The number of nitrogens with zero attached hydrogens (tertiary/aromatic N) is 1. The molecule has 0 aromatic heterocycles. The molecule has 0 fully saturated rings. The molecule has 0 heterocycles.